The summed E-state index contributed by atoms with van der Waals surface area (Å²) >= 11 is 0. The number of rotatable bonds is 4. The molecule has 0 radical (unpaired) electrons. The number of hydrogen-bond donors (Lipinski definition) is 1. The van der Waals surface area contributed by atoms with Crippen LogP contribution in [-0.4, -0.2) is 15.7 Å². The number of amides is 1. The molecule has 5 nitrogen and oxygen atoms in total. The van der Waals surface area contributed by atoms with Crippen LogP contribution in [0, 0.1) is 31.0 Å². The first-order valence-electron chi connectivity index (χ1n) is 8.09. The summed E-state index contributed by atoms with van der Waals surface area (Å²) in [4.78, 5) is 12.6. The lowest BCUT2D eigenvalue weighted by molar-refractivity contribution is 0.0949. The van der Waals surface area contributed by atoms with E-state index in [9.17, 15) is 9.18 Å². The Balaban J connectivity index is 1.79. The molecular weight excluding hydrogens is 331 g/mol. The maximum Gasteiger partial charge on any atom is 0.255 e. The average Bonchev–Trinajstić information content (AvgIpc) is 2.95. The Bertz CT molecular complexity index is 982. The number of hydrogen-bond acceptors (Lipinski definition) is 3. The van der Waals surface area contributed by atoms with E-state index in [0.29, 0.717) is 34.7 Å². The third kappa shape index (κ3) is 3.47. The van der Waals surface area contributed by atoms with E-state index in [-0.39, 0.29) is 11.7 Å². The Hall–Kier alpha value is -3.46. The van der Waals surface area contributed by atoms with E-state index < -0.39 is 0 Å². The molecule has 0 aliphatic rings. The fraction of sp³-hybridized carbons (Fsp3) is 0.150. The van der Waals surface area contributed by atoms with E-state index in [4.69, 9.17) is 5.26 Å². The summed E-state index contributed by atoms with van der Waals surface area (Å²) in [5.74, 6) is -0.548. The Morgan fingerprint density at radius 2 is 1.81 bits per heavy atom. The van der Waals surface area contributed by atoms with Crippen LogP contribution < -0.4 is 5.32 Å². The second-order valence-electron chi connectivity index (χ2n) is 5.93. The number of nitrogens with zero attached hydrogens (tertiary/aromatic N) is 3. The molecule has 1 heterocycles. The molecule has 3 aromatic rings. The number of nitriles is 1. The van der Waals surface area contributed by atoms with E-state index in [1.165, 1.54) is 12.1 Å². The zero-order chi connectivity index (χ0) is 18.7. The van der Waals surface area contributed by atoms with Crippen molar-refractivity contribution in [1.29, 1.82) is 5.26 Å². The summed E-state index contributed by atoms with van der Waals surface area (Å²) in [6.45, 7) is 3.93. The van der Waals surface area contributed by atoms with E-state index in [1.807, 2.05) is 0 Å². The lowest BCUT2D eigenvalue weighted by atomic mass is 10.1. The van der Waals surface area contributed by atoms with Crippen molar-refractivity contribution < 1.29 is 9.18 Å². The molecule has 130 valence electrons. The van der Waals surface area contributed by atoms with Crippen LogP contribution in [-0.2, 0) is 6.54 Å². The van der Waals surface area contributed by atoms with Crippen LogP contribution in [0.3, 0.4) is 0 Å². The summed E-state index contributed by atoms with van der Waals surface area (Å²) in [6.07, 6.45) is 0. The predicted octanol–water partition coefficient (Wildman–Crippen LogP) is 3.43. The number of nitrogens with one attached hydrogen (secondary N) is 1. The minimum Gasteiger partial charge on any atom is -0.348 e. The lowest BCUT2D eigenvalue weighted by Crippen LogP contribution is -2.24. The SMILES string of the molecule is Cc1nn(-c2ccc(F)cc2)c(C)c1C(=O)NCc1ccc(C#N)cc1. The Morgan fingerprint density at radius 1 is 1.15 bits per heavy atom. The number of aryl methyl sites for hydroxylation is 1. The van der Waals surface area contributed by atoms with Crippen molar-refractivity contribution in [2.45, 2.75) is 20.4 Å². The molecule has 26 heavy (non-hydrogen) atoms. The van der Waals surface area contributed by atoms with Crippen molar-refractivity contribution in [3.63, 3.8) is 0 Å². The number of halogens is 1. The van der Waals surface area contributed by atoms with Crippen LogP contribution in [0.15, 0.2) is 48.5 Å². The smallest absolute Gasteiger partial charge is 0.255 e. The first kappa shape index (κ1) is 17.4. The third-order valence-electron chi connectivity index (χ3n) is 4.13. The molecule has 1 N–H and O–H groups in total. The minimum absolute atomic E-state index is 0.224. The molecule has 0 unspecified atom stereocenters. The van der Waals surface area contributed by atoms with Gasteiger partial charge in [0.25, 0.3) is 5.91 Å². The number of benzene rings is 2. The van der Waals surface area contributed by atoms with E-state index in [0.717, 1.165) is 5.56 Å². The standard InChI is InChI=1S/C20H17FN4O/c1-13-19(14(2)25(24-13)18-9-7-17(21)8-10-18)20(26)23-12-16-5-3-15(11-22)4-6-16/h3-10H,12H2,1-2H3,(H,23,26). The Kier molecular flexibility index (Phi) is 4.81. The zero-order valence-electron chi connectivity index (χ0n) is 14.5. The van der Waals surface area contributed by atoms with Gasteiger partial charge in [0.1, 0.15) is 5.82 Å². The molecule has 1 aromatic heterocycles. The first-order chi connectivity index (χ1) is 12.5. The minimum atomic E-state index is -0.323. The third-order valence-corrected chi connectivity index (χ3v) is 4.13. The molecule has 0 saturated carbocycles. The van der Waals surface area contributed by atoms with Gasteiger partial charge in [-0.15, -0.1) is 0 Å². The fourth-order valence-electron chi connectivity index (χ4n) is 2.77. The van der Waals surface area contributed by atoms with Crippen LogP contribution in [0.5, 0.6) is 0 Å². The maximum atomic E-state index is 13.1. The van der Waals surface area contributed by atoms with Gasteiger partial charge in [0.15, 0.2) is 0 Å². The van der Waals surface area contributed by atoms with E-state index >= 15 is 0 Å². The highest BCUT2D eigenvalue weighted by atomic mass is 19.1. The second-order valence-corrected chi connectivity index (χ2v) is 5.93. The van der Waals surface area contributed by atoms with Gasteiger partial charge in [-0.2, -0.15) is 10.4 Å². The summed E-state index contributed by atoms with van der Waals surface area (Å²) in [6, 6.07) is 15.0. The molecule has 0 spiro atoms. The van der Waals surface area contributed by atoms with Gasteiger partial charge in [0, 0.05) is 6.54 Å². The topological polar surface area (TPSA) is 70.7 Å². The van der Waals surface area contributed by atoms with Gasteiger partial charge in [-0.3, -0.25) is 4.79 Å². The Morgan fingerprint density at radius 3 is 2.42 bits per heavy atom. The lowest BCUT2D eigenvalue weighted by Gasteiger charge is -2.07. The van der Waals surface area contributed by atoms with Gasteiger partial charge >= 0.3 is 0 Å². The van der Waals surface area contributed by atoms with Gasteiger partial charge in [-0.1, -0.05) is 12.1 Å². The maximum absolute atomic E-state index is 13.1. The molecule has 0 aliphatic heterocycles. The molecular formula is C20H17FN4O. The molecule has 2 aromatic carbocycles. The highest BCUT2D eigenvalue weighted by Crippen LogP contribution is 2.18. The Labute approximate surface area is 150 Å². The van der Waals surface area contributed by atoms with Crippen molar-refractivity contribution >= 4 is 5.91 Å². The van der Waals surface area contributed by atoms with Gasteiger partial charge < -0.3 is 5.32 Å². The quantitative estimate of drug-likeness (QED) is 0.785. The van der Waals surface area contributed by atoms with Crippen molar-refractivity contribution in [2.24, 2.45) is 0 Å². The summed E-state index contributed by atoms with van der Waals surface area (Å²) < 4.78 is 14.7. The van der Waals surface area contributed by atoms with Crippen molar-refractivity contribution in [1.82, 2.24) is 15.1 Å². The van der Waals surface area contributed by atoms with Crippen LogP contribution in [0.1, 0.15) is 32.9 Å². The molecule has 0 aliphatic carbocycles. The molecule has 0 bridgehead atoms. The normalized spacial score (nSPS) is 10.4. The average molecular weight is 348 g/mol. The summed E-state index contributed by atoms with van der Waals surface area (Å²) in [5.41, 5.74) is 3.96. The molecule has 1 amide bonds. The highest BCUT2D eigenvalue weighted by molar-refractivity contribution is 5.96. The fourth-order valence-corrected chi connectivity index (χ4v) is 2.77. The summed E-state index contributed by atoms with van der Waals surface area (Å²) in [7, 11) is 0. The van der Waals surface area contributed by atoms with Crippen LogP contribution >= 0.6 is 0 Å². The second kappa shape index (κ2) is 7.19. The van der Waals surface area contributed by atoms with Gasteiger partial charge in [0.2, 0.25) is 0 Å². The van der Waals surface area contributed by atoms with E-state index in [2.05, 4.69) is 16.5 Å². The van der Waals surface area contributed by atoms with Gasteiger partial charge in [-0.05, 0) is 55.8 Å². The molecule has 3 rings (SSSR count). The molecule has 0 fully saturated rings. The predicted molar refractivity (Wildman–Crippen MR) is 95.3 cm³/mol. The number of aromatic nitrogens is 2. The first-order valence-corrected chi connectivity index (χ1v) is 8.09. The van der Waals surface area contributed by atoms with Crippen LogP contribution in [0.4, 0.5) is 4.39 Å². The zero-order valence-corrected chi connectivity index (χ0v) is 14.5. The molecule has 0 atom stereocenters. The number of carbonyl (C=O) groups is 1. The monoisotopic (exact) mass is 348 g/mol. The highest BCUT2D eigenvalue weighted by Gasteiger charge is 2.19. The number of carbonyl (C=O) groups excluding carboxylic acids is 1. The van der Waals surface area contributed by atoms with Crippen LogP contribution in [0.25, 0.3) is 5.69 Å². The van der Waals surface area contributed by atoms with Crippen molar-refractivity contribution in [3.05, 3.63) is 82.4 Å². The molecule has 0 saturated heterocycles. The summed E-state index contributed by atoms with van der Waals surface area (Å²) in [5, 5.41) is 16.1. The van der Waals surface area contributed by atoms with Crippen molar-refractivity contribution in [2.75, 3.05) is 0 Å². The van der Waals surface area contributed by atoms with Crippen LogP contribution in [0.2, 0.25) is 0 Å². The largest absolute Gasteiger partial charge is 0.348 e. The van der Waals surface area contributed by atoms with Gasteiger partial charge in [0.05, 0.1) is 34.3 Å². The van der Waals surface area contributed by atoms with Gasteiger partial charge in [-0.25, -0.2) is 9.07 Å². The van der Waals surface area contributed by atoms with E-state index in [1.54, 1.807) is 54.9 Å². The molecule has 6 heteroatoms. The van der Waals surface area contributed by atoms with Crippen molar-refractivity contribution in [3.8, 4) is 11.8 Å².